The number of hydrogen-bond donors (Lipinski definition) is 2. The molecule has 1 unspecified atom stereocenters. The quantitative estimate of drug-likeness (QED) is 0.561. The molecule has 1 aliphatic heterocycles. The van der Waals surface area contributed by atoms with Gasteiger partial charge in [0, 0.05) is 30.4 Å². The van der Waals surface area contributed by atoms with Crippen molar-refractivity contribution >= 4 is 27.5 Å². The van der Waals surface area contributed by atoms with Crippen molar-refractivity contribution in [3.8, 4) is 5.75 Å². The number of carbonyl (C=O) groups is 2. The maximum atomic E-state index is 13.0. The molecular formula is C23H29N3O5S. The minimum Gasteiger partial charge on any atom is -0.497 e. The van der Waals surface area contributed by atoms with Crippen molar-refractivity contribution in [3.63, 3.8) is 0 Å². The van der Waals surface area contributed by atoms with E-state index in [2.05, 4.69) is 17.0 Å². The van der Waals surface area contributed by atoms with Gasteiger partial charge in [-0.3, -0.25) is 14.3 Å². The molecule has 0 aliphatic carbocycles. The molecule has 2 aromatic rings. The number of anilines is 1. The summed E-state index contributed by atoms with van der Waals surface area (Å²) in [6, 6.07) is 11.9. The predicted molar refractivity (Wildman–Crippen MR) is 122 cm³/mol. The predicted octanol–water partition coefficient (Wildman–Crippen LogP) is 3.02. The summed E-state index contributed by atoms with van der Waals surface area (Å²) in [6.45, 7) is 3.18. The van der Waals surface area contributed by atoms with E-state index in [1.807, 2.05) is 0 Å². The van der Waals surface area contributed by atoms with Gasteiger partial charge in [-0.1, -0.05) is 19.4 Å². The number of rotatable bonds is 9. The maximum absolute atomic E-state index is 13.0. The number of amides is 2. The van der Waals surface area contributed by atoms with Gasteiger partial charge in [0.15, 0.2) is 0 Å². The van der Waals surface area contributed by atoms with E-state index in [0.29, 0.717) is 36.5 Å². The van der Waals surface area contributed by atoms with Crippen LogP contribution in [0.2, 0.25) is 0 Å². The van der Waals surface area contributed by atoms with Crippen LogP contribution in [-0.4, -0.2) is 51.4 Å². The van der Waals surface area contributed by atoms with Gasteiger partial charge in [-0.25, -0.2) is 8.42 Å². The van der Waals surface area contributed by atoms with Crippen molar-refractivity contribution in [2.24, 2.45) is 0 Å². The van der Waals surface area contributed by atoms with Crippen LogP contribution in [0.3, 0.4) is 0 Å². The molecule has 2 N–H and O–H groups in total. The molecule has 1 fully saturated rings. The summed E-state index contributed by atoms with van der Waals surface area (Å²) >= 11 is 0. The van der Waals surface area contributed by atoms with Crippen LogP contribution in [0.5, 0.6) is 5.75 Å². The first kappa shape index (κ1) is 23.6. The molecule has 0 spiro atoms. The van der Waals surface area contributed by atoms with Crippen LogP contribution >= 0.6 is 0 Å². The molecule has 8 nitrogen and oxygen atoms in total. The lowest BCUT2D eigenvalue weighted by Gasteiger charge is -2.24. The fourth-order valence-corrected chi connectivity index (χ4v) is 4.71. The third-order valence-corrected chi connectivity index (χ3v) is 6.76. The Morgan fingerprint density at radius 3 is 2.59 bits per heavy atom. The molecule has 9 heteroatoms. The number of nitrogens with one attached hydrogen (secondary N) is 2. The Hall–Kier alpha value is -3.07. The van der Waals surface area contributed by atoms with Gasteiger partial charge in [0.2, 0.25) is 5.91 Å². The molecule has 32 heavy (non-hydrogen) atoms. The molecule has 0 aromatic heterocycles. The Morgan fingerprint density at radius 1 is 1.16 bits per heavy atom. The fourth-order valence-electron chi connectivity index (χ4n) is 3.62. The van der Waals surface area contributed by atoms with E-state index in [1.54, 1.807) is 29.2 Å². The lowest BCUT2D eigenvalue weighted by atomic mass is 10.1. The fraction of sp³-hybridized carbons (Fsp3) is 0.391. The van der Waals surface area contributed by atoms with Crippen LogP contribution in [-0.2, 0) is 14.8 Å². The topological polar surface area (TPSA) is 105 Å². The zero-order valence-electron chi connectivity index (χ0n) is 18.3. The highest BCUT2D eigenvalue weighted by Gasteiger charge is 2.34. The number of hydrogen-bond acceptors (Lipinski definition) is 5. The van der Waals surface area contributed by atoms with Gasteiger partial charge in [-0.15, -0.1) is 0 Å². The highest BCUT2D eigenvalue weighted by molar-refractivity contribution is 7.92. The molecule has 1 heterocycles. The SMILES string of the molecule is CCCCNC(=O)C1CCCN1C(=O)c1ccc(NS(=O)(=O)c2cccc(OC)c2)cc1. The van der Waals surface area contributed by atoms with Crippen molar-refractivity contribution in [2.45, 2.75) is 43.5 Å². The largest absolute Gasteiger partial charge is 0.497 e. The molecule has 172 valence electrons. The first-order chi connectivity index (χ1) is 15.4. The summed E-state index contributed by atoms with van der Waals surface area (Å²) < 4.78 is 32.9. The van der Waals surface area contributed by atoms with Crippen molar-refractivity contribution in [1.29, 1.82) is 0 Å². The maximum Gasteiger partial charge on any atom is 0.262 e. The monoisotopic (exact) mass is 459 g/mol. The number of sulfonamides is 1. The number of unbranched alkanes of at least 4 members (excludes halogenated alkanes) is 1. The van der Waals surface area contributed by atoms with Crippen LogP contribution in [0, 0.1) is 0 Å². The average molecular weight is 460 g/mol. The summed E-state index contributed by atoms with van der Waals surface area (Å²) in [5, 5.41) is 2.90. The standard InChI is InChI=1S/C23H29N3O5S/c1-3-4-14-24-22(27)21-9-6-15-26(21)23(28)17-10-12-18(13-11-17)25-32(29,30)20-8-5-7-19(16-20)31-2/h5,7-8,10-13,16,21,25H,3-4,6,9,14-15H2,1-2H3,(H,24,27). The summed E-state index contributed by atoms with van der Waals surface area (Å²) in [4.78, 5) is 27.1. The van der Waals surface area contributed by atoms with Crippen molar-refractivity contribution in [2.75, 3.05) is 24.9 Å². The number of likely N-dealkylation sites (tertiary alicyclic amines) is 1. The minimum absolute atomic E-state index is 0.0750. The number of nitrogens with zero attached hydrogens (tertiary/aromatic N) is 1. The molecule has 0 radical (unpaired) electrons. The highest BCUT2D eigenvalue weighted by Crippen LogP contribution is 2.23. The van der Waals surface area contributed by atoms with E-state index in [4.69, 9.17) is 4.74 Å². The lowest BCUT2D eigenvalue weighted by Crippen LogP contribution is -2.46. The molecule has 1 atom stereocenters. The second-order valence-corrected chi connectivity index (χ2v) is 9.35. The van der Waals surface area contributed by atoms with Gasteiger partial charge in [-0.2, -0.15) is 0 Å². The first-order valence-corrected chi connectivity index (χ1v) is 12.2. The number of benzene rings is 2. The van der Waals surface area contributed by atoms with Crippen molar-refractivity contribution in [1.82, 2.24) is 10.2 Å². The zero-order chi connectivity index (χ0) is 23.1. The zero-order valence-corrected chi connectivity index (χ0v) is 19.2. The van der Waals surface area contributed by atoms with Crippen LogP contribution in [0.1, 0.15) is 43.0 Å². The van der Waals surface area contributed by atoms with Gasteiger partial charge < -0.3 is 15.0 Å². The Bertz CT molecular complexity index is 1050. The molecule has 3 rings (SSSR count). The molecule has 1 aliphatic rings. The van der Waals surface area contributed by atoms with Gasteiger partial charge in [0.25, 0.3) is 15.9 Å². The average Bonchev–Trinajstić information content (AvgIpc) is 3.29. The van der Waals surface area contributed by atoms with Crippen LogP contribution in [0.4, 0.5) is 5.69 Å². The minimum atomic E-state index is -3.80. The first-order valence-electron chi connectivity index (χ1n) is 10.7. The molecular weight excluding hydrogens is 430 g/mol. The lowest BCUT2D eigenvalue weighted by molar-refractivity contribution is -0.124. The number of carbonyl (C=O) groups excluding carboxylic acids is 2. The summed E-state index contributed by atoms with van der Waals surface area (Å²) in [5.74, 6) is 0.0834. The van der Waals surface area contributed by atoms with Crippen LogP contribution in [0.15, 0.2) is 53.4 Å². The van der Waals surface area contributed by atoms with E-state index in [9.17, 15) is 18.0 Å². The molecule has 0 bridgehead atoms. The van der Waals surface area contributed by atoms with Crippen molar-refractivity contribution < 1.29 is 22.7 Å². The van der Waals surface area contributed by atoms with E-state index in [-0.39, 0.29) is 16.7 Å². The van der Waals surface area contributed by atoms with Gasteiger partial charge in [-0.05, 0) is 55.7 Å². The number of methoxy groups -OCH3 is 1. The van der Waals surface area contributed by atoms with E-state index < -0.39 is 16.1 Å². The third kappa shape index (κ3) is 5.59. The normalized spacial score (nSPS) is 15.9. The van der Waals surface area contributed by atoms with Crippen LogP contribution < -0.4 is 14.8 Å². The Kier molecular flexibility index (Phi) is 7.74. The smallest absolute Gasteiger partial charge is 0.262 e. The van der Waals surface area contributed by atoms with Gasteiger partial charge in [0.05, 0.1) is 12.0 Å². The van der Waals surface area contributed by atoms with E-state index in [0.717, 1.165) is 19.3 Å². The Balaban J connectivity index is 1.68. The molecule has 2 aromatic carbocycles. The van der Waals surface area contributed by atoms with E-state index in [1.165, 1.54) is 31.4 Å². The second-order valence-electron chi connectivity index (χ2n) is 7.66. The molecule has 0 saturated carbocycles. The summed E-state index contributed by atoms with van der Waals surface area (Å²) in [5.41, 5.74) is 0.738. The second kappa shape index (κ2) is 10.5. The molecule has 2 amide bonds. The van der Waals surface area contributed by atoms with E-state index >= 15 is 0 Å². The summed E-state index contributed by atoms with van der Waals surface area (Å²) in [6.07, 6.45) is 3.30. The third-order valence-electron chi connectivity index (χ3n) is 5.38. The van der Waals surface area contributed by atoms with Gasteiger partial charge >= 0.3 is 0 Å². The Morgan fingerprint density at radius 2 is 1.91 bits per heavy atom. The van der Waals surface area contributed by atoms with Crippen molar-refractivity contribution in [3.05, 3.63) is 54.1 Å². The van der Waals surface area contributed by atoms with Crippen LogP contribution in [0.25, 0.3) is 0 Å². The summed E-state index contributed by atoms with van der Waals surface area (Å²) in [7, 11) is -2.34. The number of ether oxygens (including phenoxy) is 1. The van der Waals surface area contributed by atoms with Gasteiger partial charge in [0.1, 0.15) is 11.8 Å². The Labute approximate surface area is 189 Å². The highest BCUT2D eigenvalue weighted by atomic mass is 32.2. The molecule has 1 saturated heterocycles.